The van der Waals surface area contributed by atoms with Gasteiger partial charge in [0.2, 0.25) is 5.75 Å². The number of hydrogen-bond donors (Lipinski definition) is 1. The zero-order chi connectivity index (χ0) is 32.1. The summed E-state index contributed by atoms with van der Waals surface area (Å²) >= 11 is 0. The Morgan fingerprint density at radius 3 is 2.30 bits per heavy atom. The van der Waals surface area contributed by atoms with Crippen LogP contribution >= 0.6 is 0 Å². The minimum Gasteiger partial charge on any atom is -0.493 e. The molecule has 1 fully saturated rings. The van der Waals surface area contributed by atoms with Crippen molar-refractivity contribution >= 4 is 29.8 Å². The van der Waals surface area contributed by atoms with E-state index in [1.165, 1.54) is 40.5 Å². The Hall–Kier alpha value is -4.56. The van der Waals surface area contributed by atoms with Crippen molar-refractivity contribution in [2.45, 2.75) is 44.4 Å². The molecule has 0 radical (unpaired) electrons. The minimum absolute atomic E-state index is 0.0369. The van der Waals surface area contributed by atoms with Crippen LogP contribution in [0.15, 0.2) is 42.6 Å². The Labute approximate surface area is 254 Å². The third-order valence-corrected chi connectivity index (χ3v) is 6.55. The molecule has 3 rings (SSSR count). The highest BCUT2D eigenvalue weighted by molar-refractivity contribution is 5.99. The molecule has 1 aliphatic rings. The summed E-state index contributed by atoms with van der Waals surface area (Å²) in [5.74, 6) is -5.32. The van der Waals surface area contributed by atoms with Gasteiger partial charge in [0.25, 0.3) is 5.91 Å². The maximum absolute atomic E-state index is 13.4. The number of methoxy groups -OCH3 is 3. The average molecular weight is 617 g/mol. The molecule has 1 N–H and O–H groups in total. The van der Waals surface area contributed by atoms with E-state index < -0.39 is 60.6 Å². The third-order valence-electron chi connectivity index (χ3n) is 6.55. The zero-order valence-corrected chi connectivity index (χ0v) is 24.9. The van der Waals surface area contributed by atoms with E-state index in [0.29, 0.717) is 0 Å². The van der Waals surface area contributed by atoms with E-state index in [-0.39, 0.29) is 49.7 Å². The summed E-state index contributed by atoms with van der Waals surface area (Å²) in [5, 5.41) is 2.43. The monoisotopic (exact) mass is 616 g/mol. The Kier molecular flexibility index (Phi) is 13.0. The Balaban J connectivity index is 1.86. The lowest BCUT2D eigenvalue weighted by Crippen LogP contribution is -2.47. The number of nitrogens with zero attached hydrogens (tertiary/aromatic N) is 1. The fourth-order valence-corrected chi connectivity index (χ4v) is 4.30. The van der Waals surface area contributed by atoms with Crippen molar-refractivity contribution < 1.29 is 57.1 Å². The van der Waals surface area contributed by atoms with Gasteiger partial charge in [-0.05, 0) is 18.9 Å². The summed E-state index contributed by atoms with van der Waals surface area (Å²) in [6, 6.07) is 8.89. The molecule has 44 heavy (non-hydrogen) atoms. The number of amides is 1. The van der Waals surface area contributed by atoms with Crippen LogP contribution in [0.1, 0.15) is 35.8 Å². The standard InChI is InChI=1S/C30H36N2O12/c1-18-26(43-23(33)11-14-38-2)20(16-19-8-6-5-7-9-19)29(36)41-17-21(30(37)42-18)32-28(35)25-27(22(40-4)10-13-31-25)44-24(34)12-15-39-3/h5-10,13,18,20-21,26H,11-12,14-17H2,1-4H3,(H,32,35)/t18-,20+,21?,26?/m0/s1. The number of esters is 4. The number of cyclic esters (lactones) is 2. The first-order chi connectivity index (χ1) is 21.2. The molecule has 4 atom stereocenters. The molecule has 0 bridgehead atoms. The number of rotatable bonds is 13. The first-order valence-electron chi connectivity index (χ1n) is 13.8. The topological polar surface area (TPSA) is 175 Å². The van der Waals surface area contributed by atoms with E-state index in [1.54, 1.807) is 24.3 Å². The van der Waals surface area contributed by atoms with Gasteiger partial charge in [-0.25, -0.2) is 9.78 Å². The van der Waals surface area contributed by atoms with Crippen molar-refractivity contribution in [2.24, 2.45) is 5.92 Å². The predicted molar refractivity (Wildman–Crippen MR) is 151 cm³/mol. The van der Waals surface area contributed by atoms with E-state index >= 15 is 0 Å². The Morgan fingerprint density at radius 2 is 1.64 bits per heavy atom. The lowest BCUT2D eigenvalue weighted by atomic mass is 9.91. The number of benzene rings is 1. The lowest BCUT2D eigenvalue weighted by Gasteiger charge is -2.29. The van der Waals surface area contributed by atoms with E-state index in [2.05, 4.69) is 10.3 Å². The quantitative estimate of drug-likeness (QED) is 0.253. The van der Waals surface area contributed by atoms with Crippen LogP contribution in [-0.2, 0) is 49.3 Å². The van der Waals surface area contributed by atoms with E-state index in [0.717, 1.165) is 5.56 Å². The fraction of sp³-hybridized carbons (Fsp3) is 0.467. The van der Waals surface area contributed by atoms with Gasteiger partial charge in [0.1, 0.15) is 18.6 Å². The summed E-state index contributed by atoms with van der Waals surface area (Å²) < 4.78 is 37.1. The molecular weight excluding hydrogens is 580 g/mol. The SMILES string of the molecule is COCCC(=O)Oc1c(OC)ccnc1C(=O)NC1COC(=O)[C@H](Cc2ccccc2)C(OC(=O)CCOC)[C@H](C)OC1=O. The van der Waals surface area contributed by atoms with Crippen LogP contribution < -0.4 is 14.8 Å². The number of nitrogens with one attached hydrogen (secondary N) is 1. The van der Waals surface area contributed by atoms with Crippen LogP contribution in [0.3, 0.4) is 0 Å². The molecular formula is C30H36N2O12. The highest BCUT2D eigenvalue weighted by Gasteiger charge is 2.42. The molecule has 14 nitrogen and oxygen atoms in total. The maximum Gasteiger partial charge on any atom is 0.332 e. The first kappa shape index (κ1) is 33.9. The predicted octanol–water partition coefficient (Wildman–Crippen LogP) is 1.43. The van der Waals surface area contributed by atoms with E-state index in [4.69, 9.17) is 33.2 Å². The Morgan fingerprint density at radius 1 is 0.955 bits per heavy atom. The van der Waals surface area contributed by atoms with Gasteiger partial charge in [0.05, 0.1) is 33.2 Å². The number of aromatic nitrogens is 1. The second-order valence-corrected chi connectivity index (χ2v) is 9.70. The van der Waals surface area contributed by atoms with Gasteiger partial charge in [-0.3, -0.25) is 19.2 Å². The second kappa shape index (κ2) is 16.9. The molecule has 0 spiro atoms. The molecule has 2 heterocycles. The van der Waals surface area contributed by atoms with Crippen molar-refractivity contribution in [1.29, 1.82) is 0 Å². The summed E-state index contributed by atoms with van der Waals surface area (Å²) in [7, 11) is 4.15. The van der Waals surface area contributed by atoms with Gasteiger partial charge in [-0.2, -0.15) is 0 Å². The highest BCUT2D eigenvalue weighted by Crippen LogP contribution is 2.30. The van der Waals surface area contributed by atoms with Crippen molar-refractivity contribution in [3.63, 3.8) is 0 Å². The van der Waals surface area contributed by atoms with Crippen molar-refractivity contribution in [3.8, 4) is 11.5 Å². The van der Waals surface area contributed by atoms with Crippen LogP contribution in [0.4, 0.5) is 0 Å². The summed E-state index contributed by atoms with van der Waals surface area (Å²) in [6.07, 6.45) is -1.15. The Bertz CT molecular complexity index is 1300. The largest absolute Gasteiger partial charge is 0.493 e. The summed E-state index contributed by atoms with van der Waals surface area (Å²) in [5.41, 5.74) is 0.390. The van der Waals surface area contributed by atoms with Crippen LogP contribution in [0.25, 0.3) is 0 Å². The number of ether oxygens (including phenoxy) is 7. The van der Waals surface area contributed by atoms with E-state index in [9.17, 15) is 24.0 Å². The molecule has 1 aromatic heterocycles. The van der Waals surface area contributed by atoms with Gasteiger partial charge >= 0.3 is 23.9 Å². The smallest absolute Gasteiger partial charge is 0.332 e. The van der Waals surface area contributed by atoms with Gasteiger partial charge in [-0.1, -0.05) is 30.3 Å². The molecule has 2 aromatic rings. The third kappa shape index (κ3) is 9.47. The van der Waals surface area contributed by atoms with Crippen molar-refractivity contribution in [2.75, 3.05) is 41.2 Å². The molecule has 14 heteroatoms. The van der Waals surface area contributed by atoms with Crippen molar-refractivity contribution in [3.05, 3.63) is 53.9 Å². The van der Waals surface area contributed by atoms with Crippen molar-refractivity contribution in [1.82, 2.24) is 10.3 Å². The number of pyridine rings is 1. The van der Waals surface area contributed by atoms with E-state index in [1.807, 2.05) is 6.07 Å². The van der Waals surface area contributed by atoms with Gasteiger partial charge in [0, 0.05) is 26.5 Å². The zero-order valence-electron chi connectivity index (χ0n) is 24.9. The summed E-state index contributed by atoms with van der Waals surface area (Å²) in [6.45, 7) is 1.04. The average Bonchev–Trinajstić information content (AvgIpc) is 3.05. The van der Waals surface area contributed by atoms with Crippen LogP contribution in [0.2, 0.25) is 0 Å². The molecule has 238 valence electrons. The lowest BCUT2D eigenvalue weighted by molar-refractivity contribution is -0.174. The number of carbonyl (C=O) groups is 5. The molecule has 2 unspecified atom stereocenters. The molecule has 1 saturated heterocycles. The first-order valence-corrected chi connectivity index (χ1v) is 13.8. The fourth-order valence-electron chi connectivity index (χ4n) is 4.30. The van der Waals surface area contributed by atoms with Gasteiger partial charge in [-0.15, -0.1) is 0 Å². The highest BCUT2D eigenvalue weighted by atomic mass is 16.6. The molecule has 1 aliphatic heterocycles. The van der Waals surface area contributed by atoms with Gasteiger partial charge < -0.3 is 38.5 Å². The molecule has 1 amide bonds. The molecule has 1 aromatic carbocycles. The number of hydrogen-bond acceptors (Lipinski definition) is 13. The minimum atomic E-state index is -1.49. The molecule has 0 saturated carbocycles. The van der Waals surface area contributed by atoms with Crippen LogP contribution in [-0.4, -0.2) is 94.2 Å². The second-order valence-electron chi connectivity index (χ2n) is 9.70. The normalized spacial score (nSPS) is 20.2. The van der Waals surface area contributed by atoms with Crippen LogP contribution in [0.5, 0.6) is 11.5 Å². The maximum atomic E-state index is 13.4. The summed E-state index contributed by atoms with van der Waals surface area (Å²) in [4.78, 5) is 68.8. The van der Waals surface area contributed by atoms with Crippen LogP contribution in [0, 0.1) is 5.92 Å². The van der Waals surface area contributed by atoms with Gasteiger partial charge in [0.15, 0.2) is 23.6 Å². The molecule has 0 aliphatic carbocycles. The number of carbonyl (C=O) groups excluding carboxylic acids is 5.